The molecule has 0 radical (unpaired) electrons. The van der Waals surface area contributed by atoms with Crippen LogP contribution in [0.3, 0.4) is 0 Å². The predicted molar refractivity (Wildman–Crippen MR) is 109 cm³/mol. The summed E-state index contributed by atoms with van der Waals surface area (Å²) in [5.41, 5.74) is 1.06. The Kier molecular flexibility index (Phi) is 8.09. The van der Waals surface area contributed by atoms with Crippen molar-refractivity contribution >= 4 is 23.6 Å². The van der Waals surface area contributed by atoms with Crippen molar-refractivity contribution in [3.8, 4) is 11.5 Å². The molecule has 1 amide bonds. The minimum absolute atomic E-state index is 0.0388. The number of amides is 1. The molecule has 0 saturated carbocycles. The lowest BCUT2D eigenvalue weighted by Crippen LogP contribution is -2.11. The molecule has 0 saturated heterocycles. The third-order valence-electron chi connectivity index (χ3n) is 3.73. The summed E-state index contributed by atoms with van der Waals surface area (Å²) in [6.45, 7) is 5.23. The Morgan fingerprint density at radius 3 is 2.36 bits per heavy atom. The van der Waals surface area contributed by atoms with E-state index < -0.39 is 11.9 Å². The van der Waals surface area contributed by atoms with E-state index in [2.05, 4.69) is 5.32 Å². The Hall–Kier alpha value is -3.28. The first-order valence-electron chi connectivity index (χ1n) is 9.26. The summed E-state index contributed by atoms with van der Waals surface area (Å²) in [6.07, 6.45) is 4.76. The molecule has 0 aromatic heterocycles. The maximum absolute atomic E-state index is 12.2. The summed E-state index contributed by atoms with van der Waals surface area (Å²) < 4.78 is 11.4. The maximum atomic E-state index is 12.2. The average Bonchev–Trinajstić information content (AvgIpc) is 2.70. The molecule has 2 N–H and O–H groups in total. The van der Waals surface area contributed by atoms with Gasteiger partial charge in [0.25, 0.3) is 0 Å². The number of ether oxygens (including phenoxy) is 2. The Labute approximate surface area is 164 Å². The molecule has 6 heteroatoms. The second-order valence-corrected chi connectivity index (χ2v) is 6.08. The van der Waals surface area contributed by atoms with Gasteiger partial charge in [0.2, 0.25) is 5.91 Å². The molecular formula is C22H25NO5. The minimum Gasteiger partial charge on any atom is -0.490 e. The van der Waals surface area contributed by atoms with Crippen LogP contribution in [0, 0.1) is 0 Å². The number of para-hydroxylation sites is 1. The van der Waals surface area contributed by atoms with Gasteiger partial charge in [0.15, 0.2) is 11.5 Å². The second kappa shape index (κ2) is 10.8. The highest BCUT2D eigenvalue weighted by Gasteiger charge is 2.10. The number of carboxylic acid groups (broad SMARTS) is 1. The first-order chi connectivity index (χ1) is 13.5. The van der Waals surface area contributed by atoms with Gasteiger partial charge < -0.3 is 19.9 Å². The molecule has 0 aliphatic carbocycles. The molecule has 2 rings (SSSR count). The van der Waals surface area contributed by atoms with E-state index in [1.54, 1.807) is 24.3 Å². The number of carbonyl (C=O) groups is 2. The van der Waals surface area contributed by atoms with E-state index in [4.69, 9.17) is 9.47 Å². The number of hydrogen-bond acceptors (Lipinski definition) is 4. The zero-order valence-electron chi connectivity index (χ0n) is 16.1. The largest absolute Gasteiger partial charge is 0.490 e. The Morgan fingerprint density at radius 1 is 1.00 bits per heavy atom. The highest BCUT2D eigenvalue weighted by Crippen LogP contribution is 2.29. The second-order valence-electron chi connectivity index (χ2n) is 6.08. The Balaban J connectivity index is 2.12. The van der Waals surface area contributed by atoms with Gasteiger partial charge in [-0.15, -0.1) is 0 Å². The molecule has 0 spiro atoms. The molecule has 2 aromatic carbocycles. The van der Waals surface area contributed by atoms with Crippen molar-refractivity contribution in [1.29, 1.82) is 0 Å². The number of benzene rings is 2. The number of rotatable bonds is 10. The van der Waals surface area contributed by atoms with Gasteiger partial charge in [-0.2, -0.15) is 0 Å². The van der Waals surface area contributed by atoms with Gasteiger partial charge in [0.1, 0.15) is 0 Å². The van der Waals surface area contributed by atoms with Crippen molar-refractivity contribution < 1.29 is 24.2 Å². The van der Waals surface area contributed by atoms with Gasteiger partial charge >= 0.3 is 5.97 Å². The molecule has 0 bridgehead atoms. The molecule has 0 heterocycles. The molecule has 0 unspecified atom stereocenters. The standard InChI is InChI=1S/C22H25NO5/c1-3-13-27-19-11-9-16(15-20(19)28-14-4-2)10-12-21(24)23-18-8-6-5-7-17(18)22(25)26/h5-12,15H,3-4,13-14H2,1-2H3,(H,23,24)(H,25,26)/b12-10+. The quantitative estimate of drug-likeness (QED) is 0.585. The van der Waals surface area contributed by atoms with Crippen molar-refractivity contribution in [3.63, 3.8) is 0 Å². The van der Waals surface area contributed by atoms with Gasteiger partial charge in [0, 0.05) is 6.08 Å². The van der Waals surface area contributed by atoms with Crippen LogP contribution in [0.5, 0.6) is 11.5 Å². The van der Waals surface area contributed by atoms with Crippen LogP contribution in [0.2, 0.25) is 0 Å². The van der Waals surface area contributed by atoms with Crippen molar-refractivity contribution in [1.82, 2.24) is 0 Å². The van der Waals surface area contributed by atoms with E-state index in [-0.39, 0.29) is 11.3 Å². The number of aromatic carboxylic acids is 1. The summed E-state index contributed by atoms with van der Waals surface area (Å²) in [5, 5.41) is 11.8. The molecule has 28 heavy (non-hydrogen) atoms. The number of hydrogen-bond donors (Lipinski definition) is 2. The number of carbonyl (C=O) groups excluding carboxylic acids is 1. The fourth-order valence-electron chi connectivity index (χ4n) is 2.41. The van der Waals surface area contributed by atoms with Crippen LogP contribution in [0.4, 0.5) is 5.69 Å². The molecule has 6 nitrogen and oxygen atoms in total. The van der Waals surface area contributed by atoms with Crippen molar-refractivity contribution in [2.45, 2.75) is 26.7 Å². The lowest BCUT2D eigenvalue weighted by Gasteiger charge is -2.12. The first-order valence-corrected chi connectivity index (χ1v) is 9.26. The van der Waals surface area contributed by atoms with Gasteiger partial charge in [-0.25, -0.2) is 4.79 Å². The van der Waals surface area contributed by atoms with E-state index in [1.807, 2.05) is 32.0 Å². The summed E-state index contributed by atoms with van der Waals surface area (Å²) in [5.74, 6) is -0.210. The zero-order valence-corrected chi connectivity index (χ0v) is 16.1. The summed E-state index contributed by atoms with van der Waals surface area (Å²) in [6, 6.07) is 11.7. The maximum Gasteiger partial charge on any atom is 0.337 e. The zero-order chi connectivity index (χ0) is 20.4. The van der Waals surface area contributed by atoms with Crippen LogP contribution in [0.25, 0.3) is 6.08 Å². The van der Waals surface area contributed by atoms with Crippen molar-refractivity contribution in [2.75, 3.05) is 18.5 Å². The van der Waals surface area contributed by atoms with Gasteiger partial charge in [-0.05, 0) is 48.7 Å². The topological polar surface area (TPSA) is 84.9 Å². The van der Waals surface area contributed by atoms with Crippen LogP contribution < -0.4 is 14.8 Å². The fourth-order valence-corrected chi connectivity index (χ4v) is 2.41. The minimum atomic E-state index is -1.10. The lowest BCUT2D eigenvalue weighted by molar-refractivity contribution is -0.111. The third-order valence-corrected chi connectivity index (χ3v) is 3.73. The van der Waals surface area contributed by atoms with Crippen LogP contribution in [0.1, 0.15) is 42.6 Å². The van der Waals surface area contributed by atoms with Crippen molar-refractivity contribution in [3.05, 3.63) is 59.7 Å². The summed E-state index contributed by atoms with van der Waals surface area (Å²) in [7, 11) is 0. The van der Waals surface area contributed by atoms with Gasteiger partial charge in [-0.1, -0.05) is 32.0 Å². The molecule has 0 fully saturated rings. The van der Waals surface area contributed by atoms with E-state index in [0.29, 0.717) is 24.7 Å². The Bertz CT molecular complexity index is 845. The molecule has 148 valence electrons. The van der Waals surface area contributed by atoms with E-state index in [1.165, 1.54) is 12.1 Å². The monoisotopic (exact) mass is 383 g/mol. The Morgan fingerprint density at radius 2 is 1.68 bits per heavy atom. The number of anilines is 1. The normalized spacial score (nSPS) is 10.6. The highest BCUT2D eigenvalue weighted by molar-refractivity contribution is 6.06. The SMILES string of the molecule is CCCOc1ccc(/C=C/C(=O)Nc2ccccc2C(=O)O)cc1OCCC. The predicted octanol–water partition coefficient (Wildman–Crippen LogP) is 4.61. The van der Waals surface area contributed by atoms with E-state index in [9.17, 15) is 14.7 Å². The number of carboxylic acids is 1. The highest BCUT2D eigenvalue weighted by atomic mass is 16.5. The molecule has 0 aliphatic rings. The fraction of sp³-hybridized carbons (Fsp3) is 0.273. The van der Waals surface area contributed by atoms with Gasteiger partial charge in [-0.3, -0.25) is 4.79 Å². The van der Waals surface area contributed by atoms with Crippen molar-refractivity contribution in [2.24, 2.45) is 0 Å². The van der Waals surface area contributed by atoms with Gasteiger partial charge in [0.05, 0.1) is 24.5 Å². The van der Waals surface area contributed by atoms with Crippen LogP contribution in [0.15, 0.2) is 48.5 Å². The van der Waals surface area contributed by atoms with Crippen LogP contribution in [-0.4, -0.2) is 30.2 Å². The molecule has 0 atom stereocenters. The molecule has 2 aromatic rings. The van der Waals surface area contributed by atoms with E-state index >= 15 is 0 Å². The number of nitrogens with one attached hydrogen (secondary N) is 1. The smallest absolute Gasteiger partial charge is 0.337 e. The molecule has 0 aliphatic heterocycles. The molecular weight excluding hydrogens is 358 g/mol. The van der Waals surface area contributed by atoms with Crippen LogP contribution in [-0.2, 0) is 4.79 Å². The van der Waals surface area contributed by atoms with E-state index in [0.717, 1.165) is 18.4 Å². The summed E-state index contributed by atoms with van der Waals surface area (Å²) >= 11 is 0. The first kappa shape index (κ1) is 21.0. The summed E-state index contributed by atoms with van der Waals surface area (Å²) in [4.78, 5) is 23.4. The lowest BCUT2D eigenvalue weighted by atomic mass is 10.1. The third kappa shape index (κ3) is 6.16. The van der Waals surface area contributed by atoms with Crippen LogP contribution >= 0.6 is 0 Å². The average molecular weight is 383 g/mol.